The molecule has 4 heteroatoms. The summed E-state index contributed by atoms with van der Waals surface area (Å²) in [5, 5.41) is 3.70. The monoisotopic (exact) mass is 309 g/mol. The minimum atomic E-state index is 0.635. The quantitative estimate of drug-likeness (QED) is 0.910. The minimum absolute atomic E-state index is 0.635. The largest absolute Gasteiger partial charge is 0.356 e. The molecule has 2 unspecified atom stereocenters. The van der Waals surface area contributed by atoms with Crippen LogP contribution in [0, 0.1) is 6.92 Å². The Bertz CT molecular complexity index is 437. The summed E-state index contributed by atoms with van der Waals surface area (Å²) in [6.07, 6.45) is 7.10. The molecule has 3 nitrogen and oxygen atoms in total. The summed E-state index contributed by atoms with van der Waals surface area (Å²) < 4.78 is 1.06. The first-order valence-corrected chi connectivity index (χ1v) is 7.54. The van der Waals surface area contributed by atoms with Crippen LogP contribution >= 0.6 is 15.9 Å². The first-order valence-electron chi connectivity index (χ1n) is 6.74. The van der Waals surface area contributed by atoms with E-state index in [9.17, 15) is 0 Å². The summed E-state index contributed by atoms with van der Waals surface area (Å²) in [6.45, 7) is 2.14. The third kappa shape index (κ3) is 2.28. The number of piperidine rings is 1. The van der Waals surface area contributed by atoms with Gasteiger partial charge in [-0.15, -0.1) is 0 Å². The van der Waals surface area contributed by atoms with Gasteiger partial charge in [0.25, 0.3) is 0 Å². The minimum Gasteiger partial charge on any atom is -0.356 e. The molecule has 1 aromatic rings. The number of anilines is 1. The second-order valence-corrected chi connectivity index (χ2v) is 6.58. The number of hydrogen-bond acceptors (Lipinski definition) is 3. The average Bonchev–Trinajstić information content (AvgIpc) is 2.67. The lowest BCUT2D eigenvalue weighted by Gasteiger charge is -2.36. The Kier molecular flexibility index (Phi) is 3.32. The molecule has 2 saturated heterocycles. The van der Waals surface area contributed by atoms with Crippen molar-refractivity contribution in [3.63, 3.8) is 0 Å². The zero-order valence-electron chi connectivity index (χ0n) is 11.0. The molecule has 0 aliphatic carbocycles. The van der Waals surface area contributed by atoms with Gasteiger partial charge in [0.2, 0.25) is 0 Å². The maximum absolute atomic E-state index is 4.58. The summed E-state index contributed by atoms with van der Waals surface area (Å²) in [5.74, 6) is 1.13. The lowest BCUT2D eigenvalue weighted by molar-refractivity contribution is 0.353. The topological polar surface area (TPSA) is 28.2 Å². The number of nitrogens with zero attached hydrogens (tertiary/aromatic N) is 2. The first kappa shape index (κ1) is 12.4. The molecule has 0 radical (unpaired) electrons. The van der Waals surface area contributed by atoms with Gasteiger partial charge in [-0.05, 0) is 60.2 Å². The van der Waals surface area contributed by atoms with E-state index < -0.39 is 0 Å². The van der Waals surface area contributed by atoms with Crippen LogP contribution in [0.3, 0.4) is 0 Å². The molecule has 1 N–H and O–H groups in total. The van der Waals surface area contributed by atoms with Crippen molar-refractivity contribution in [3.05, 3.63) is 22.3 Å². The van der Waals surface area contributed by atoms with E-state index in [-0.39, 0.29) is 0 Å². The van der Waals surface area contributed by atoms with E-state index in [0.29, 0.717) is 6.04 Å². The van der Waals surface area contributed by atoms with Crippen LogP contribution in [0.25, 0.3) is 0 Å². The number of aryl methyl sites for hydroxylation is 1. The number of fused-ring (bicyclic) bond motifs is 2. The van der Waals surface area contributed by atoms with Crippen LogP contribution in [0.15, 0.2) is 16.7 Å². The standard InChI is InChI=1S/C14H20BrN3/c1-9-5-10(15)8-16-14(9)18(2)13-6-11-3-4-12(7-13)17-11/h5,8,11-13,17H,3-4,6-7H2,1-2H3. The van der Waals surface area contributed by atoms with E-state index in [2.05, 4.69) is 51.2 Å². The third-order valence-corrected chi connectivity index (χ3v) is 4.78. The van der Waals surface area contributed by atoms with Crippen molar-refractivity contribution in [2.45, 2.75) is 50.7 Å². The lowest BCUT2D eigenvalue weighted by Crippen LogP contribution is -2.47. The highest BCUT2D eigenvalue weighted by molar-refractivity contribution is 9.10. The summed E-state index contributed by atoms with van der Waals surface area (Å²) >= 11 is 3.48. The van der Waals surface area contributed by atoms with E-state index in [4.69, 9.17) is 0 Å². The van der Waals surface area contributed by atoms with Crippen molar-refractivity contribution in [3.8, 4) is 0 Å². The van der Waals surface area contributed by atoms with E-state index in [1.165, 1.54) is 31.2 Å². The van der Waals surface area contributed by atoms with Crippen molar-refractivity contribution < 1.29 is 0 Å². The number of rotatable bonds is 2. The molecule has 2 bridgehead atoms. The zero-order valence-corrected chi connectivity index (χ0v) is 12.6. The molecule has 0 aromatic carbocycles. The Morgan fingerprint density at radius 1 is 1.33 bits per heavy atom. The van der Waals surface area contributed by atoms with Crippen LogP contribution < -0.4 is 10.2 Å². The van der Waals surface area contributed by atoms with Crippen molar-refractivity contribution in [2.75, 3.05) is 11.9 Å². The molecule has 18 heavy (non-hydrogen) atoms. The van der Waals surface area contributed by atoms with E-state index in [0.717, 1.165) is 22.4 Å². The predicted octanol–water partition coefficient (Wildman–Crippen LogP) is 2.87. The van der Waals surface area contributed by atoms with Gasteiger partial charge in [0.05, 0.1) is 0 Å². The highest BCUT2D eigenvalue weighted by Crippen LogP contribution is 2.32. The smallest absolute Gasteiger partial charge is 0.131 e. The molecule has 2 aliphatic heterocycles. The second kappa shape index (κ2) is 4.82. The molecule has 3 heterocycles. The Morgan fingerprint density at radius 3 is 2.61 bits per heavy atom. The Hall–Kier alpha value is -0.610. The summed E-state index contributed by atoms with van der Waals surface area (Å²) in [6, 6.07) is 4.24. The first-order chi connectivity index (χ1) is 8.63. The van der Waals surface area contributed by atoms with Gasteiger partial charge in [-0.25, -0.2) is 4.98 Å². The predicted molar refractivity (Wildman–Crippen MR) is 78.0 cm³/mol. The Labute approximate surface area is 117 Å². The highest BCUT2D eigenvalue weighted by atomic mass is 79.9. The number of nitrogens with one attached hydrogen (secondary N) is 1. The molecular formula is C14H20BrN3. The molecule has 3 rings (SSSR count). The fourth-order valence-electron chi connectivity index (χ4n) is 3.42. The van der Waals surface area contributed by atoms with Gasteiger partial charge in [-0.2, -0.15) is 0 Å². The normalized spacial score (nSPS) is 30.5. The van der Waals surface area contributed by atoms with E-state index in [1.807, 2.05) is 6.20 Å². The van der Waals surface area contributed by atoms with Crippen molar-refractivity contribution in [1.82, 2.24) is 10.3 Å². The zero-order chi connectivity index (χ0) is 12.7. The molecule has 1 aromatic heterocycles. The fourth-order valence-corrected chi connectivity index (χ4v) is 3.86. The van der Waals surface area contributed by atoms with Crippen LogP contribution in [0.1, 0.15) is 31.2 Å². The number of hydrogen-bond donors (Lipinski definition) is 1. The van der Waals surface area contributed by atoms with Gasteiger partial charge in [0, 0.05) is 35.8 Å². The van der Waals surface area contributed by atoms with Gasteiger partial charge in [0.15, 0.2) is 0 Å². The molecule has 0 amide bonds. The van der Waals surface area contributed by atoms with Gasteiger partial charge in [0.1, 0.15) is 5.82 Å². The molecule has 2 aliphatic rings. The average molecular weight is 310 g/mol. The summed E-state index contributed by atoms with van der Waals surface area (Å²) in [5.41, 5.74) is 1.25. The summed E-state index contributed by atoms with van der Waals surface area (Å²) in [4.78, 5) is 6.96. The molecule has 0 saturated carbocycles. The molecule has 0 spiro atoms. The summed E-state index contributed by atoms with van der Waals surface area (Å²) in [7, 11) is 2.19. The molecule has 2 atom stereocenters. The van der Waals surface area contributed by atoms with Crippen LogP contribution in [-0.4, -0.2) is 30.2 Å². The van der Waals surface area contributed by atoms with Crippen molar-refractivity contribution >= 4 is 21.7 Å². The van der Waals surface area contributed by atoms with Crippen LogP contribution in [0.2, 0.25) is 0 Å². The number of halogens is 1. The van der Waals surface area contributed by atoms with Crippen LogP contribution in [-0.2, 0) is 0 Å². The van der Waals surface area contributed by atoms with Gasteiger partial charge in [-0.1, -0.05) is 0 Å². The van der Waals surface area contributed by atoms with Crippen LogP contribution in [0.4, 0.5) is 5.82 Å². The van der Waals surface area contributed by atoms with Gasteiger partial charge >= 0.3 is 0 Å². The fraction of sp³-hybridized carbons (Fsp3) is 0.643. The third-order valence-electron chi connectivity index (χ3n) is 4.35. The SMILES string of the molecule is Cc1cc(Br)cnc1N(C)C1CC2CCC(C1)N2. The van der Waals surface area contributed by atoms with Crippen molar-refractivity contribution in [1.29, 1.82) is 0 Å². The molecule has 2 fully saturated rings. The maximum Gasteiger partial charge on any atom is 0.131 e. The van der Waals surface area contributed by atoms with E-state index in [1.54, 1.807) is 0 Å². The van der Waals surface area contributed by atoms with Gasteiger partial charge in [-0.3, -0.25) is 0 Å². The second-order valence-electron chi connectivity index (χ2n) is 5.67. The highest BCUT2D eigenvalue weighted by Gasteiger charge is 2.35. The van der Waals surface area contributed by atoms with E-state index >= 15 is 0 Å². The molecule has 98 valence electrons. The number of aromatic nitrogens is 1. The Morgan fingerprint density at radius 2 is 2.00 bits per heavy atom. The Balaban J connectivity index is 1.79. The van der Waals surface area contributed by atoms with Crippen molar-refractivity contribution in [2.24, 2.45) is 0 Å². The number of pyridine rings is 1. The van der Waals surface area contributed by atoms with Crippen LogP contribution in [0.5, 0.6) is 0 Å². The van der Waals surface area contributed by atoms with Gasteiger partial charge < -0.3 is 10.2 Å². The maximum atomic E-state index is 4.58. The molecular weight excluding hydrogens is 290 g/mol. The lowest BCUT2D eigenvalue weighted by atomic mass is 9.98.